The van der Waals surface area contributed by atoms with Crippen molar-refractivity contribution >= 4 is 0 Å². The van der Waals surface area contributed by atoms with Gasteiger partial charge in [0.1, 0.15) is 5.82 Å². The van der Waals surface area contributed by atoms with Crippen molar-refractivity contribution in [1.29, 1.82) is 0 Å². The Kier molecular flexibility index (Phi) is 3.43. The monoisotopic (exact) mass is 252 g/mol. The third-order valence-corrected chi connectivity index (χ3v) is 2.56. The van der Waals surface area contributed by atoms with Gasteiger partial charge >= 0.3 is 6.11 Å². The van der Waals surface area contributed by atoms with Gasteiger partial charge in [-0.05, 0) is 13.0 Å². The van der Waals surface area contributed by atoms with E-state index in [4.69, 9.17) is 0 Å². The minimum atomic E-state index is -3.13. The molecule has 0 bridgehead atoms. The maximum absolute atomic E-state index is 12.7. The van der Waals surface area contributed by atoms with Crippen molar-refractivity contribution in [2.24, 2.45) is 0 Å². The first-order chi connectivity index (χ1) is 8.47. The second-order valence-corrected chi connectivity index (χ2v) is 4.07. The lowest BCUT2D eigenvalue weighted by Crippen LogP contribution is -2.15. The Labute approximate surface area is 104 Å². The predicted molar refractivity (Wildman–Crippen MR) is 63.7 cm³/mol. The van der Waals surface area contributed by atoms with Crippen LogP contribution in [0, 0.1) is 6.92 Å². The predicted octanol–water partition coefficient (Wildman–Crippen LogP) is 3.31. The fraction of sp³-hybridized carbons (Fsp3) is 0.308. The van der Waals surface area contributed by atoms with E-state index in [1.54, 1.807) is 24.5 Å². The third-order valence-electron chi connectivity index (χ3n) is 2.56. The fourth-order valence-corrected chi connectivity index (χ4v) is 1.70. The Morgan fingerprint density at radius 1 is 1.33 bits per heavy atom. The minimum absolute atomic E-state index is 0.142. The van der Waals surface area contributed by atoms with Gasteiger partial charge in [-0.25, -0.2) is 4.98 Å². The van der Waals surface area contributed by atoms with Crippen LogP contribution in [0.15, 0.2) is 36.7 Å². The summed E-state index contributed by atoms with van der Waals surface area (Å²) in [4.78, 5) is 4.12. The Hall–Kier alpha value is -1.75. The van der Waals surface area contributed by atoms with Gasteiger partial charge in [-0.2, -0.15) is 8.78 Å². The first-order valence-corrected chi connectivity index (χ1v) is 5.57. The molecule has 0 fully saturated rings. The Bertz CT molecular complexity index is 532. The highest BCUT2D eigenvalue weighted by atomic mass is 19.3. The van der Waals surface area contributed by atoms with Crippen LogP contribution < -0.4 is 0 Å². The molecule has 0 amide bonds. The Morgan fingerprint density at radius 2 is 2.06 bits per heavy atom. The van der Waals surface area contributed by atoms with Gasteiger partial charge in [0, 0.05) is 24.9 Å². The van der Waals surface area contributed by atoms with E-state index in [1.807, 2.05) is 23.6 Å². The van der Waals surface area contributed by atoms with Gasteiger partial charge in [0.2, 0.25) is 0 Å². The van der Waals surface area contributed by atoms with Gasteiger partial charge in [-0.3, -0.25) is 0 Å². The highest BCUT2D eigenvalue weighted by Crippen LogP contribution is 2.21. The summed E-state index contributed by atoms with van der Waals surface area (Å²) in [6.07, 6.45) is 0.330. The SMILES string of the molecule is Cc1nccn1-c1ccccc1COC(C)(F)F. The van der Waals surface area contributed by atoms with Crippen LogP contribution in [0.3, 0.4) is 0 Å². The van der Waals surface area contributed by atoms with Crippen molar-refractivity contribution in [2.45, 2.75) is 26.6 Å². The molecule has 0 aliphatic carbocycles. The quantitative estimate of drug-likeness (QED) is 0.834. The van der Waals surface area contributed by atoms with Crippen LogP contribution in [-0.4, -0.2) is 15.7 Å². The summed E-state index contributed by atoms with van der Waals surface area (Å²) in [6, 6.07) is 7.26. The zero-order chi connectivity index (χ0) is 13.2. The molecule has 18 heavy (non-hydrogen) atoms. The average molecular weight is 252 g/mol. The largest absolute Gasteiger partial charge is 0.353 e. The number of imidazole rings is 1. The number of hydrogen-bond acceptors (Lipinski definition) is 2. The zero-order valence-corrected chi connectivity index (χ0v) is 10.2. The minimum Gasteiger partial charge on any atom is -0.316 e. The molecule has 0 radical (unpaired) electrons. The molecule has 5 heteroatoms. The molecule has 1 aromatic carbocycles. The van der Waals surface area contributed by atoms with Crippen LogP contribution >= 0.6 is 0 Å². The molecule has 2 rings (SSSR count). The molecular formula is C13H14F2N2O. The first-order valence-electron chi connectivity index (χ1n) is 5.57. The van der Waals surface area contributed by atoms with E-state index in [9.17, 15) is 8.78 Å². The maximum Gasteiger partial charge on any atom is 0.353 e. The zero-order valence-electron chi connectivity index (χ0n) is 10.2. The summed E-state index contributed by atoms with van der Waals surface area (Å²) < 4.78 is 31.8. The van der Waals surface area contributed by atoms with Crippen molar-refractivity contribution in [2.75, 3.05) is 0 Å². The van der Waals surface area contributed by atoms with Crippen molar-refractivity contribution in [3.8, 4) is 5.69 Å². The van der Waals surface area contributed by atoms with Crippen molar-refractivity contribution in [3.63, 3.8) is 0 Å². The topological polar surface area (TPSA) is 27.1 Å². The molecule has 0 atom stereocenters. The molecule has 0 spiro atoms. The molecule has 1 aromatic heterocycles. The van der Waals surface area contributed by atoms with Crippen LogP contribution in [0.25, 0.3) is 5.69 Å². The first kappa shape index (κ1) is 12.7. The second kappa shape index (κ2) is 4.86. The lowest BCUT2D eigenvalue weighted by molar-refractivity contribution is -0.231. The Balaban J connectivity index is 2.29. The molecule has 2 aromatic rings. The highest BCUT2D eigenvalue weighted by Gasteiger charge is 2.22. The Morgan fingerprint density at radius 3 is 2.67 bits per heavy atom. The number of nitrogens with zero attached hydrogens (tertiary/aromatic N) is 2. The van der Waals surface area contributed by atoms with Crippen LogP contribution in [0.4, 0.5) is 8.78 Å². The van der Waals surface area contributed by atoms with E-state index in [0.29, 0.717) is 5.56 Å². The molecule has 0 aliphatic heterocycles. The van der Waals surface area contributed by atoms with E-state index in [-0.39, 0.29) is 6.61 Å². The highest BCUT2D eigenvalue weighted by molar-refractivity contribution is 5.41. The van der Waals surface area contributed by atoms with E-state index in [1.165, 1.54) is 0 Å². The van der Waals surface area contributed by atoms with Gasteiger partial charge < -0.3 is 9.30 Å². The smallest absolute Gasteiger partial charge is 0.316 e. The number of aromatic nitrogens is 2. The van der Waals surface area contributed by atoms with Crippen LogP contribution in [0.1, 0.15) is 18.3 Å². The molecule has 3 nitrogen and oxygen atoms in total. The number of hydrogen-bond donors (Lipinski definition) is 0. The molecule has 0 saturated carbocycles. The van der Waals surface area contributed by atoms with Gasteiger partial charge in [0.15, 0.2) is 0 Å². The van der Waals surface area contributed by atoms with Crippen molar-refractivity contribution < 1.29 is 13.5 Å². The molecule has 96 valence electrons. The molecule has 0 N–H and O–H groups in total. The number of halogens is 2. The van der Waals surface area contributed by atoms with E-state index < -0.39 is 6.11 Å². The summed E-state index contributed by atoms with van der Waals surface area (Å²) in [5.74, 6) is 0.797. The van der Waals surface area contributed by atoms with Gasteiger partial charge in [-0.15, -0.1) is 0 Å². The summed E-state index contributed by atoms with van der Waals surface area (Å²) in [5.41, 5.74) is 1.50. The van der Waals surface area contributed by atoms with Crippen molar-refractivity contribution in [1.82, 2.24) is 9.55 Å². The van der Waals surface area contributed by atoms with Gasteiger partial charge in [-0.1, -0.05) is 18.2 Å². The lowest BCUT2D eigenvalue weighted by Gasteiger charge is -2.15. The van der Waals surface area contributed by atoms with E-state index in [0.717, 1.165) is 18.4 Å². The van der Waals surface area contributed by atoms with Crippen LogP contribution in [-0.2, 0) is 11.3 Å². The number of aryl methyl sites for hydroxylation is 1. The summed E-state index contributed by atoms with van der Waals surface area (Å²) >= 11 is 0. The fourth-order valence-electron chi connectivity index (χ4n) is 1.70. The van der Waals surface area contributed by atoms with Crippen LogP contribution in [0.5, 0.6) is 0 Å². The second-order valence-electron chi connectivity index (χ2n) is 4.07. The van der Waals surface area contributed by atoms with Crippen molar-refractivity contribution in [3.05, 3.63) is 48.0 Å². The average Bonchev–Trinajstić information content (AvgIpc) is 2.72. The summed E-state index contributed by atoms with van der Waals surface area (Å²) in [6.45, 7) is 2.45. The van der Waals surface area contributed by atoms with E-state index in [2.05, 4.69) is 9.72 Å². The van der Waals surface area contributed by atoms with Gasteiger partial charge in [0.05, 0.1) is 12.3 Å². The molecular weight excluding hydrogens is 238 g/mol. The lowest BCUT2D eigenvalue weighted by atomic mass is 10.2. The molecule has 0 aliphatic rings. The number of alkyl halides is 2. The number of para-hydroxylation sites is 1. The molecule has 0 saturated heterocycles. The van der Waals surface area contributed by atoms with Gasteiger partial charge in [0.25, 0.3) is 0 Å². The summed E-state index contributed by atoms with van der Waals surface area (Å²) in [7, 11) is 0. The maximum atomic E-state index is 12.7. The number of benzene rings is 1. The van der Waals surface area contributed by atoms with Crippen LogP contribution in [0.2, 0.25) is 0 Å². The summed E-state index contributed by atoms with van der Waals surface area (Å²) in [5, 5.41) is 0. The van der Waals surface area contributed by atoms with E-state index >= 15 is 0 Å². The number of ether oxygens (including phenoxy) is 1. The normalized spacial score (nSPS) is 11.8. The number of rotatable bonds is 4. The molecule has 1 heterocycles. The standard InChI is InChI=1S/C13H14F2N2O/c1-10-16-7-8-17(10)12-6-4-3-5-11(12)9-18-13(2,14)15/h3-8H,9H2,1-2H3. The molecule has 0 unspecified atom stereocenters. The third kappa shape index (κ3) is 2.92.